The van der Waals surface area contributed by atoms with E-state index in [1.807, 2.05) is 0 Å². The minimum Gasteiger partial charge on any atom is -0.328 e. The molecule has 1 aliphatic rings. The van der Waals surface area contributed by atoms with Crippen LogP contribution in [0.3, 0.4) is 0 Å². The number of sulfonamides is 1. The molecule has 1 aromatic rings. The molecule has 0 aromatic heterocycles. The van der Waals surface area contributed by atoms with Crippen molar-refractivity contribution >= 4 is 10.0 Å². The van der Waals surface area contributed by atoms with Crippen molar-refractivity contribution in [3.8, 4) is 0 Å². The fourth-order valence-corrected chi connectivity index (χ4v) is 4.70. The van der Waals surface area contributed by atoms with Gasteiger partial charge in [-0.3, -0.25) is 0 Å². The van der Waals surface area contributed by atoms with E-state index in [2.05, 4.69) is 4.72 Å². The molecular formula is C15H23FN2O2S. The van der Waals surface area contributed by atoms with E-state index in [0.29, 0.717) is 17.7 Å². The van der Waals surface area contributed by atoms with Crippen molar-refractivity contribution in [3.05, 3.63) is 29.1 Å². The van der Waals surface area contributed by atoms with Crippen molar-refractivity contribution in [3.63, 3.8) is 0 Å². The van der Waals surface area contributed by atoms with E-state index in [4.69, 9.17) is 5.73 Å². The Morgan fingerprint density at radius 3 is 2.48 bits per heavy atom. The summed E-state index contributed by atoms with van der Waals surface area (Å²) in [6.45, 7) is 3.62. The fourth-order valence-electron chi connectivity index (χ4n) is 3.14. The zero-order valence-electron chi connectivity index (χ0n) is 12.5. The summed E-state index contributed by atoms with van der Waals surface area (Å²) < 4.78 is 40.8. The van der Waals surface area contributed by atoms with Crippen molar-refractivity contribution in [2.75, 3.05) is 6.54 Å². The summed E-state index contributed by atoms with van der Waals surface area (Å²) in [4.78, 5) is 0.184. The molecule has 3 N–H and O–H groups in total. The summed E-state index contributed by atoms with van der Waals surface area (Å²) in [5, 5.41) is 0. The number of rotatable bonds is 4. The summed E-state index contributed by atoms with van der Waals surface area (Å²) in [5.41, 5.74) is 6.78. The smallest absolute Gasteiger partial charge is 0.241 e. The maximum absolute atomic E-state index is 13.3. The molecule has 0 aliphatic heterocycles. The highest BCUT2D eigenvalue weighted by Gasteiger charge is 2.24. The Kier molecular flexibility index (Phi) is 5.01. The van der Waals surface area contributed by atoms with Gasteiger partial charge in [-0.1, -0.05) is 6.42 Å². The van der Waals surface area contributed by atoms with Gasteiger partial charge in [0.25, 0.3) is 0 Å². The van der Waals surface area contributed by atoms with Crippen molar-refractivity contribution in [1.82, 2.24) is 4.72 Å². The second kappa shape index (κ2) is 6.42. The molecule has 0 saturated heterocycles. The number of benzene rings is 1. The second-order valence-corrected chi connectivity index (χ2v) is 7.72. The van der Waals surface area contributed by atoms with Gasteiger partial charge < -0.3 is 5.73 Å². The van der Waals surface area contributed by atoms with E-state index < -0.39 is 15.8 Å². The van der Waals surface area contributed by atoms with Crippen LogP contribution in [0.4, 0.5) is 4.39 Å². The summed E-state index contributed by atoms with van der Waals surface area (Å²) in [5.74, 6) is -0.133. The van der Waals surface area contributed by atoms with Crippen molar-refractivity contribution in [2.24, 2.45) is 11.7 Å². The molecule has 0 spiro atoms. The largest absolute Gasteiger partial charge is 0.328 e. The number of halogens is 1. The van der Waals surface area contributed by atoms with Crippen LogP contribution in [-0.2, 0) is 10.0 Å². The van der Waals surface area contributed by atoms with Gasteiger partial charge in [-0.25, -0.2) is 17.5 Å². The first-order valence-electron chi connectivity index (χ1n) is 7.31. The van der Waals surface area contributed by atoms with Crippen LogP contribution in [0.1, 0.15) is 36.8 Å². The number of nitrogens with two attached hydrogens (primary N) is 1. The lowest BCUT2D eigenvalue weighted by molar-refractivity contribution is 0.322. The van der Waals surface area contributed by atoms with Gasteiger partial charge in [0.2, 0.25) is 10.0 Å². The maximum Gasteiger partial charge on any atom is 0.241 e. The maximum atomic E-state index is 13.3. The molecule has 1 aliphatic carbocycles. The summed E-state index contributed by atoms with van der Waals surface area (Å²) in [7, 11) is -3.61. The Balaban J connectivity index is 2.12. The summed E-state index contributed by atoms with van der Waals surface area (Å²) in [6, 6.07) is 2.67. The zero-order chi connectivity index (χ0) is 15.6. The SMILES string of the molecule is Cc1cc(F)cc(C)c1S(=O)(=O)NCC1CCCC(N)C1. The molecule has 2 atom stereocenters. The van der Waals surface area contributed by atoms with Crippen molar-refractivity contribution in [1.29, 1.82) is 0 Å². The lowest BCUT2D eigenvalue weighted by atomic mass is 9.86. The Hall–Kier alpha value is -0.980. The molecule has 6 heteroatoms. The van der Waals surface area contributed by atoms with Gasteiger partial charge >= 0.3 is 0 Å². The van der Waals surface area contributed by atoms with Gasteiger partial charge in [0.05, 0.1) is 4.90 Å². The van der Waals surface area contributed by atoms with Crippen molar-refractivity contribution < 1.29 is 12.8 Å². The highest BCUT2D eigenvalue weighted by atomic mass is 32.2. The molecule has 2 unspecified atom stereocenters. The van der Waals surface area contributed by atoms with E-state index in [0.717, 1.165) is 25.7 Å². The monoisotopic (exact) mass is 314 g/mol. The fraction of sp³-hybridized carbons (Fsp3) is 0.600. The van der Waals surface area contributed by atoms with Crippen LogP contribution in [0.15, 0.2) is 17.0 Å². The van der Waals surface area contributed by atoms with E-state index in [1.165, 1.54) is 12.1 Å². The standard InChI is InChI=1S/C15H23FN2O2S/c1-10-6-13(16)7-11(2)15(10)21(19,20)18-9-12-4-3-5-14(17)8-12/h6-7,12,14,18H,3-5,8-9,17H2,1-2H3. The average molecular weight is 314 g/mol. The molecule has 1 saturated carbocycles. The quantitative estimate of drug-likeness (QED) is 0.895. The summed E-state index contributed by atoms with van der Waals surface area (Å²) >= 11 is 0. The van der Waals surface area contributed by atoms with Crippen LogP contribution in [0, 0.1) is 25.6 Å². The van der Waals surface area contributed by atoms with E-state index in [9.17, 15) is 12.8 Å². The van der Waals surface area contributed by atoms with Gasteiger partial charge in [-0.15, -0.1) is 0 Å². The van der Waals surface area contributed by atoms with E-state index in [-0.39, 0.29) is 16.9 Å². The molecule has 2 rings (SSSR count). The number of nitrogens with one attached hydrogen (secondary N) is 1. The molecule has 0 radical (unpaired) electrons. The molecule has 0 heterocycles. The lowest BCUT2D eigenvalue weighted by Crippen LogP contribution is -2.36. The van der Waals surface area contributed by atoms with Crippen LogP contribution in [0.2, 0.25) is 0 Å². The van der Waals surface area contributed by atoms with Gasteiger partial charge in [0, 0.05) is 12.6 Å². The number of aryl methyl sites for hydroxylation is 2. The summed E-state index contributed by atoms with van der Waals surface area (Å²) in [6.07, 6.45) is 3.91. The highest BCUT2D eigenvalue weighted by Crippen LogP contribution is 2.24. The first-order valence-corrected chi connectivity index (χ1v) is 8.80. The predicted molar refractivity (Wildman–Crippen MR) is 81.0 cm³/mol. The average Bonchev–Trinajstić information content (AvgIpc) is 2.35. The van der Waals surface area contributed by atoms with Gasteiger partial charge in [-0.2, -0.15) is 0 Å². The predicted octanol–water partition coefficient (Wildman–Crippen LogP) is 2.24. The highest BCUT2D eigenvalue weighted by molar-refractivity contribution is 7.89. The van der Waals surface area contributed by atoms with Crippen LogP contribution >= 0.6 is 0 Å². The first kappa shape index (κ1) is 16.4. The molecule has 1 fully saturated rings. The minimum absolute atomic E-state index is 0.169. The third-order valence-corrected chi connectivity index (χ3v) is 5.81. The van der Waals surface area contributed by atoms with E-state index >= 15 is 0 Å². The van der Waals surface area contributed by atoms with Crippen LogP contribution in [0.25, 0.3) is 0 Å². The zero-order valence-corrected chi connectivity index (χ0v) is 13.3. The number of hydrogen-bond donors (Lipinski definition) is 2. The van der Waals surface area contributed by atoms with E-state index in [1.54, 1.807) is 13.8 Å². The Labute approximate surface area is 126 Å². The molecule has 118 valence electrons. The minimum atomic E-state index is -3.61. The normalized spacial score (nSPS) is 23.2. The first-order chi connectivity index (χ1) is 9.79. The number of hydrogen-bond acceptors (Lipinski definition) is 3. The third kappa shape index (κ3) is 4.02. The molecule has 0 amide bonds. The Bertz CT molecular complexity index is 593. The molecule has 1 aromatic carbocycles. The third-order valence-electron chi connectivity index (χ3n) is 4.08. The lowest BCUT2D eigenvalue weighted by Gasteiger charge is -2.26. The van der Waals surface area contributed by atoms with Crippen LogP contribution in [0.5, 0.6) is 0 Å². The van der Waals surface area contributed by atoms with Gasteiger partial charge in [0.1, 0.15) is 5.82 Å². The van der Waals surface area contributed by atoms with Crippen LogP contribution < -0.4 is 10.5 Å². The van der Waals surface area contributed by atoms with Gasteiger partial charge in [0.15, 0.2) is 0 Å². The molecule has 4 nitrogen and oxygen atoms in total. The molecule has 21 heavy (non-hydrogen) atoms. The Morgan fingerprint density at radius 1 is 1.29 bits per heavy atom. The molecular weight excluding hydrogens is 291 g/mol. The van der Waals surface area contributed by atoms with Crippen molar-refractivity contribution in [2.45, 2.75) is 50.5 Å². The second-order valence-electron chi connectivity index (χ2n) is 6.01. The topological polar surface area (TPSA) is 72.2 Å². The van der Waals surface area contributed by atoms with Gasteiger partial charge in [-0.05, 0) is 62.3 Å². The Morgan fingerprint density at radius 2 is 1.90 bits per heavy atom. The molecule has 0 bridgehead atoms. The van der Waals surface area contributed by atoms with Crippen LogP contribution in [-0.4, -0.2) is 21.0 Å².